The van der Waals surface area contributed by atoms with Gasteiger partial charge in [-0.1, -0.05) is 48.3 Å². The van der Waals surface area contributed by atoms with Crippen LogP contribution in [0.4, 0.5) is 0 Å². The number of nitrogens with zero attached hydrogens (tertiary/aromatic N) is 1. The third-order valence-corrected chi connectivity index (χ3v) is 2.17. The van der Waals surface area contributed by atoms with Gasteiger partial charge in [-0.15, -0.1) is 0 Å². The first kappa shape index (κ1) is 12.4. The first-order chi connectivity index (χ1) is 7.72. The van der Waals surface area contributed by atoms with E-state index in [9.17, 15) is 4.79 Å². The van der Waals surface area contributed by atoms with Gasteiger partial charge in [0.2, 0.25) is 0 Å². The Labute approximate surface area is 96.1 Å². The van der Waals surface area contributed by atoms with Gasteiger partial charge >= 0.3 is 5.97 Å². The van der Waals surface area contributed by atoms with Gasteiger partial charge < -0.3 is 4.84 Å². The van der Waals surface area contributed by atoms with Crippen LogP contribution in [0.1, 0.15) is 37.3 Å². The Hall–Kier alpha value is -1.64. The van der Waals surface area contributed by atoms with Gasteiger partial charge in [-0.05, 0) is 18.9 Å². The number of unbranched alkanes of at least 4 members (excludes halogenated alkanes) is 1. The number of carbonyl (C=O) groups excluding carboxylic acids is 1. The fourth-order valence-electron chi connectivity index (χ4n) is 1.17. The van der Waals surface area contributed by atoms with E-state index in [1.165, 1.54) is 5.56 Å². The molecule has 86 valence electrons. The van der Waals surface area contributed by atoms with Crippen LogP contribution in [0.3, 0.4) is 0 Å². The summed E-state index contributed by atoms with van der Waals surface area (Å²) in [6.45, 7) is 4.05. The summed E-state index contributed by atoms with van der Waals surface area (Å²) in [6.07, 6.45) is 3.81. The van der Waals surface area contributed by atoms with Gasteiger partial charge in [-0.3, -0.25) is 0 Å². The molecule has 0 radical (unpaired) electrons. The molecule has 0 aromatic heterocycles. The molecule has 0 aliphatic heterocycles. The third kappa shape index (κ3) is 4.73. The summed E-state index contributed by atoms with van der Waals surface area (Å²) in [5.41, 5.74) is 2.12. The predicted octanol–water partition coefficient (Wildman–Crippen LogP) is 3.06. The molecule has 0 bridgehead atoms. The molecular weight excluding hydrogens is 202 g/mol. The van der Waals surface area contributed by atoms with E-state index >= 15 is 0 Å². The van der Waals surface area contributed by atoms with Gasteiger partial charge in [0.1, 0.15) is 0 Å². The van der Waals surface area contributed by atoms with Crippen LogP contribution in [0.15, 0.2) is 29.4 Å². The third-order valence-electron chi connectivity index (χ3n) is 2.17. The van der Waals surface area contributed by atoms with Crippen LogP contribution in [0, 0.1) is 6.92 Å². The zero-order chi connectivity index (χ0) is 11.8. The van der Waals surface area contributed by atoms with Crippen LogP contribution >= 0.6 is 0 Å². The van der Waals surface area contributed by atoms with Gasteiger partial charge in [0, 0.05) is 6.42 Å². The van der Waals surface area contributed by atoms with Crippen LogP contribution < -0.4 is 0 Å². The van der Waals surface area contributed by atoms with Crippen LogP contribution in [0.5, 0.6) is 0 Å². The molecular formula is C13H17NO2. The fourth-order valence-corrected chi connectivity index (χ4v) is 1.17. The van der Waals surface area contributed by atoms with E-state index in [4.69, 9.17) is 4.84 Å². The largest absolute Gasteiger partial charge is 0.335 e. The van der Waals surface area contributed by atoms with Crippen LogP contribution in [-0.2, 0) is 9.63 Å². The van der Waals surface area contributed by atoms with Gasteiger partial charge in [-0.2, -0.15) is 0 Å². The lowest BCUT2D eigenvalue weighted by molar-refractivity contribution is -0.143. The number of carbonyl (C=O) groups is 1. The Kier molecular flexibility index (Phi) is 5.26. The zero-order valence-electron chi connectivity index (χ0n) is 9.77. The molecule has 1 rings (SSSR count). The second-order valence-corrected chi connectivity index (χ2v) is 3.71. The maximum Gasteiger partial charge on any atom is 0.335 e. The zero-order valence-corrected chi connectivity index (χ0v) is 9.77. The second kappa shape index (κ2) is 6.77. The summed E-state index contributed by atoms with van der Waals surface area (Å²) in [4.78, 5) is 15.8. The monoisotopic (exact) mass is 219 g/mol. The Bertz CT molecular complexity index is 355. The van der Waals surface area contributed by atoms with E-state index in [1.807, 2.05) is 38.1 Å². The normalized spacial score (nSPS) is 10.6. The van der Waals surface area contributed by atoms with Crippen molar-refractivity contribution >= 4 is 12.2 Å². The molecule has 0 amide bonds. The minimum absolute atomic E-state index is 0.273. The van der Waals surface area contributed by atoms with Crippen molar-refractivity contribution in [3.05, 3.63) is 35.4 Å². The van der Waals surface area contributed by atoms with E-state index in [0.717, 1.165) is 18.4 Å². The van der Waals surface area contributed by atoms with Crippen molar-refractivity contribution in [3.63, 3.8) is 0 Å². The summed E-state index contributed by atoms with van der Waals surface area (Å²) >= 11 is 0. The minimum Gasteiger partial charge on any atom is -0.318 e. The molecule has 0 N–H and O–H groups in total. The highest BCUT2D eigenvalue weighted by Gasteiger charge is 1.99. The number of rotatable bonds is 5. The predicted molar refractivity (Wildman–Crippen MR) is 64.4 cm³/mol. The Balaban J connectivity index is 2.37. The average Bonchev–Trinajstić information content (AvgIpc) is 2.29. The maximum absolute atomic E-state index is 11.1. The summed E-state index contributed by atoms with van der Waals surface area (Å²) in [5.74, 6) is -0.273. The van der Waals surface area contributed by atoms with Gasteiger partial charge in [-0.25, -0.2) is 4.79 Å². The number of hydrogen-bond donors (Lipinski definition) is 0. The van der Waals surface area contributed by atoms with E-state index < -0.39 is 0 Å². The van der Waals surface area contributed by atoms with Crippen molar-refractivity contribution in [2.24, 2.45) is 5.16 Å². The van der Waals surface area contributed by atoms with Crippen molar-refractivity contribution in [3.8, 4) is 0 Å². The minimum atomic E-state index is -0.273. The van der Waals surface area contributed by atoms with Gasteiger partial charge in [0.25, 0.3) is 0 Å². The number of benzene rings is 1. The van der Waals surface area contributed by atoms with Crippen molar-refractivity contribution in [1.82, 2.24) is 0 Å². The van der Waals surface area contributed by atoms with E-state index in [-0.39, 0.29) is 5.97 Å². The highest BCUT2D eigenvalue weighted by molar-refractivity contribution is 5.80. The SMILES string of the molecule is CCCCC(=O)O/N=C/c1ccc(C)cc1. The molecule has 0 heterocycles. The molecule has 0 spiro atoms. The maximum atomic E-state index is 11.1. The fraction of sp³-hybridized carbons (Fsp3) is 0.385. The first-order valence-corrected chi connectivity index (χ1v) is 5.52. The van der Waals surface area contributed by atoms with E-state index in [1.54, 1.807) is 6.21 Å². The smallest absolute Gasteiger partial charge is 0.318 e. The molecule has 1 aromatic rings. The van der Waals surface area contributed by atoms with Crippen molar-refractivity contribution in [2.45, 2.75) is 33.1 Å². The first-order valence-electron chi connectivity index (χ1n) is 5.52. The molecule has 0 aliphatic carbocycles. The molecule has 0 fully saturated rings. The molecule has 3 heteroatoms. The van der Waals surface area contributed by atoms with Gasteiger partial charge in [0.05, 0.1) is 6.21 Å². The molecule has 1 aromatic carbocycles. The van der Waals surface area contributed by atoms with E-state index in [0.29, 0.717) is 6.42 Å². The lowest BCUT2D eigenvalue weighted by Crippen LogP contribution is -1.99. The van der Waals surface area contributed by atoms with E-state index in [2.05, 4.69) is 5.16 Å². The lowest BCUT2D eigenvalue weighted by Gasteiger charge is -1.96. The van der Waals surface area contributed by atoms with Crippen LogP contribution in [0.2, 0.25) is 0 Å². The Morgan fingerprint density at radius 1 is 1.38 bits per heavy atom. The molecule has 0 aliphatic rings. The quantitative estimate of drug-likeness (QED) is 0.433. The molecule has 16 heavy (non-hydrogen) atoms. The van der Waals surface area contributed by atoms with Crippen LogP contribution in [0.25, 0.3) is 0 Å². The van der Waals surface area contributed by atoms with Crippen molar-refractivity contribution < 1.29 is 9.63 Å². The highest BCUT2D eigenvalue weighted by Crippen LogP contribution is 2.01. The molecule has 0 unspecified atom stereocenters. The van der Waals surface area contributed by atoms with Gasteiger partial charge in [0.15, 0.2) is 0 Å². The molecule has 0 saturated carbocycles. The molecule has 3 nitrogen and oxygen atoms in total. The molecule has 0 saturated heterocycles. The van der Waals surface area contributed by atoms with Crippen molar-refractivity contribution in [2.75, 3.05) is 0 Å². The Morgan fingerprint density at radius 3 is 2.69 bits per heavy atom. The number of oxime groups is 1. The lowest BCUT2D eigenvalue weighted by atomic mass is 10.2. The number of aryl methyl sites for hydroxylation is 1. The summed E-state index contributed by atoms with van der Waals surface area (Å²) in [7, 11) is 0. The topological polar surface area (TPSA) is 38.7 Å². The standard InChI is InChI=1S/C13H17NO2/c1-3-4-5-13(15)16-14-10-12-8-6-11(2)7-9-12/h6-10H,3-5H2,1-2H3/b14-10+. The highest BCUT2D eigenvalue weighted by atomic mass is 16.7. The van der Waals surface area contributed by atoms with Crippen LogP contribution in [-0.4, -0.2) is 12.2 Å². The summed E-state index contributed by atoms with van der Waals surface area (Å²) in [6, 6.07) is 7.83. The average molecular weight is 219 g/mol. The second-order valence-electron chi connectivity index (χ2n) is 3.71. The summed E-state index contributed by atoms with van der Waals surface area (Å²) in [5, 5.41) is 3.65. The Morgan fingerprint density at radius 2 is 2.06 bits per heavy atom. The summed E-state index contributed by atoms with van der Waals surface area (Å²) < 4.78 is 0. The number of hydrogen-bond acceptors (Lipinski definition) is 3. The van der Waals surface area contributed by atoms with Crippen molar-refractivity contribution in [1.29, 1.82) is 0 Å². The molecule has 0 atom stereocenters.